The van der Waals surface area contributed by atoms with Gasteiger partial charge in [0.25, 0.3) is 0 Å². The number of nitrogens with zero attached hydrogens (tertiary/aromatic N) is 1. The highest BCUT2D eigenvalue weighted by molar-refractivity contribution is 7.92. The molecule has 10 heteroatoms. The second kappa shape index (κ2) is 7.61. The van der Waals surface area contributed by atoms with Crippen LogP contribution in [-0.4, -0.2) is 60.8 Å². The number of hydrogen-bond donors (Lipinski definition) is 0. The van der Waals surface area contributed by atoms with Gasteiger partial charge >= 0.3 is 0 Å². The molecule has 0 radical (unpaired) electrons. The Morgan fingerprint density at radius 1 is 0.786 bits per heavy atom. The second-order valence-electron chi connectivity index (χ2n) is 6.18. The van der Waals surface area contributed by atoms with E-state index in [0.29, 0.717) is 11.5 Å². The summed E-state index contributed by atoms with van der Waals surface area (Å²) in [6.45, 7) is -0.212. The molecule has 3 rings (SSSR count). The maximum atomic E-state index is 12.8. The number of methoxy groups -OCH3 is 3. The quantitative estimate of drug-likeness (QED) is 0.661. The minimum absolute atomic E-state index is 0.0189. The van der Waals surface area contributed by atoms with Gasteiger partial charge in [0.1, 0.15) is 5.75 Å². The monoisotopic (exact) mass is 427 g/mol. The van der Waals surface area contributed by atoms with E-state index >= 15 is 0 Å². The number of sulfonamides is 1. The van der Waals surface area contributed by atoms with E-state index in [1.165, 1.54) is 51.7 Å². The molecule has 0 bridgehead atoms. The molecule has 0 amide bonds. The predicted molar refractivity (Wildman–Crippen MR) is 102 cm³/mol. The third kappa shape index (κ3) is 3.54. The van der Waals surface area contributed by atoms with Gasteiger partial charge in [0.2, 0.25) is 10.0 Å². The van der Waals surface area contributed by atoms with Gasteiger partial charge in [0, 0.05) is 19.2 Å². The fourth-order valence-corrected chi connectivity index (χ4v) is 6.27. The summed E-state index contributed by atoms with van der Waals surface area (Å²) in [5.41, 5.74) is 0. The minimum Gasteiger partial charge on any atom is -0.497 e. The van der Waals surface area contributed by atoms with Gasteiger partial charge in [-0.2, -0.15) is 4.31 Å². The Bertz CT molecular complexity index is 1060. The van der Waals surface area contributed by atoms with E-state index < -0.39 is 25.1 Å². The Morgan fingerprint density at radius 3 is 1.89 bits per heavy atom. The van der Waals surface area contributed by atoms with Crippen molar-refractivity contribution in [1.82, 2.24) is 4.31 Å². The van der Waals surface area contributed by atoms with E-state index in [1.54, 1.807) is 12.1 Å². The molecule has 0 saturated carbocycles. The molecule has 1 aliphatic heterocycles. The molecule has 0 atom stereocenters. The lowest BCUT2D eigenvalue weighted by Gasteiger charge is -2.37. The molecule has 1 fully saturated rings. The van der Waals surface area contributed by atoms with Crippen molar-refractivity contribution < 1.29 is 31.0 Å². The highest BCUT2D eigenvalue weighted by Crippen LogP contribution is 2.33. The third-order valence-electron chi connectivity index (χ3n) is 4.63. The minimum atomic E-state index is -3.83. The number of sulfone groups is 1. The zero-order chi connectivity index (χ0) is 20.5. The first-order chi connectivity index (χ1) is 13.2. The zero-order valence-corrected chi connectivity index (χ0v) is 17.3. The topological polar surface area (TPSA) is 99.2 Å². The molecule has 8 nitrogen and oxygen atoms in total. The average Bonchev–Trinajstić information content (AvgIpc) is 2.65. The molecule has 1 saturated heterocycles. The Hall–Kier alpha value is -2.30. The molecule has 1 aliphatic rings. The van der Waals surface area contributed by atoms with Crippen molar-refractivity contribution in [2.75, 3.05) is 34.4 Å². The van der Waals surface area contributed by atoms with E-state index in [2.05, 4.69) is 0 Å². The van der Waals surface area contributed by atoms with Crippen LogP contribution in [0.3, 0.4) is 0 Å². The number of benzene rings is 2. The Labute approximate surface area is 164 Å². The number of ether oxygens (including phenoxy) is 3. The lowest BCUT2D eigenvalue weighted by Crippen LogP contribution is -2.56. The van der Waals surface area contributed by atoms with Crippen molar-refractivity contribution in [2.24, 2.45) is 0 Å². The van der Waals surface area contributed by atoms with Gasteiger partial charge in [-0.25, -0.2) is 16.8 Å². The maximum Gasteiger partial charge on any atom is 0.243 e. The van der Waals surface area contributed by atoms with E-state index in [9.17, 15) is 16.8 Å². The first kappa shape index (κ1) is 20.4. The van der Waals surface area contributed by atoms with Crippen LogP contribution in [-0.2, 0) is 19.9 Å². The molecule has 28 heavy (non-hydrogen) atoms. The molecule has 0 spiro atoms. The molecule has 152 valence electrons. The normalized spacial score (nSPS) is 15.7. The van der Waals surface area contributed by atoms with Gasteiger partial charge in [-0.1, -0.05) is 0 Å². The van der Waals surface area contributed by atoms with Crippen LogP contribution in [0.25, 0.3) is 0 Å². The molecule has 0 aromatic heterocycles. The van der Waals surface area contributed by atoms with Crippen LogP contribution in [0.15, 0.2) is 52.3 Å². The largest absolute Gasteiger partial charge is 0.497 e. The van der Waals surface area contributed by atoms with Crippen LogP contribution < -0.4 is 14.2 Å². The molecule has 0 aliphatic carbocycles. The van der Waals surface area contributed by atoms with E-state index in [0.717, 1.165) is 4.31 Å². The molecular weight excluding hydrogens is 406 g/mol. The lowest BCUT2D eigenvalue weighted by atomic mass is 10.3. The maximum absolute atomic E-state index is 12.8. The fraction of sp³-hybridized carbons (Fsp3) is 0.333. The zero-order valence-electron chi connectivity index (χ0n) is 15.7. The van der Waals surface area contributed by atoms with Crippen molar-refractivity contribution in [3.8, 4) is 17.2 Å². The second-order valence-corrected chi connectivity index (χ2v) is 10.3. The van der Waals surface area contributed by atoms with Gasteiger partial charge in [0.05, 0.1) is 36.4 Å². The van der Waals surface area contributed by atoms with Gasteiger partial charge < -0.3 is 14.2 Å². The summed E-state index contributed by atoms with van der Waals surface area (Å²) in [5, 5.41) is -0.796. The Morgan fingerprint density at radius 2 is 1.36 bits per heavy atom. The molecule has 0 N–H and O–H groups in total. The first-order valence-electron chi connectivity index (χ1n) is 8.34. The molecule has 2 aromatic rings. The highest BCUT2D eigenvalue weighted by Gasteiger charge is 2.44. The van der Waals surface area contributed by atoms with Crippen LogP contribution in [0.5, 0.6) is 17.2 Å². The van der Waals surface area contributed by atoms with Gasteiger partial charge in [-0.05, 0) is 36.4 Å². The summed E-state index contributed by atoms with van der Waals surface area (Å²) in [7, 11) is -3.11. The van der Waals surface area contributed by atoms with Crippen molar-refractivity contribution in [2.45, 2.75) is 15.0 Å². The van der Waals surface area contributed by atoms with Crippen molar-refractivity contribution in [3.05, 3.63) is 42.5 Å². The summed E-state index contributed by atoms with van der Waals surface area (Å²) < 4.78 is 67.4. The first-order valence-corrected chi connectivity index (χ1v) is 11.3. The van der Waals surface area contributed by atoms with Crippen molar-refractivity contribution in [3.63, 3.8) is 0 Å². The highest BCUT2D eigenvalue weighted by atomic mass is 32.2. The van der Waals surface area contributed by atoms with Crippen molar-refractivity contribution >= 4 is 19.9 Å². The molecular formula is C18H21NO7S2. The van der Waals surface area contributed by atoms with E-state index in [4.69, 9.17) is 14.2 Å². The summed E-state index contributed by atoms with van der Waals surface area (Å²) in [6, 6.07) is 10.3. The SMILES string of the molecule is COc1ccc(S(=O)(=O)C2CN(S(=O)(=O)c3ccc(OC)c(OC)c3)C2)cc1. The lowest BCUT2D eigenvalue weighted by molar-refractivity contribution is 0.309. The van der Waals surface area contributed by atoms with E-state index in [1.807, 2.05) is 0 Å². The Kier molecular flexibility index (Phi) is 5.55. The summed E-state index contributed by atoms with van der Waals surface area (Å²) in [6.07, 6.45) is 0. The van der Waals surface area contributed by atoms with E-state index in [-0.39, 0.29) is 28.6 Å². The summed E-state index contributed by atoms with van der Waals surface area (Å²) >= 11 is 0. The van der Waals surface area contributed by atoms with Crippen LogP contribution in [0, 0.1) is 0 Å². The molecule has 0 unspecified atom stereocenters. The van der Waals surface area contributed by atoms with Crippen molar-refractivity contribution in [1.29, 1.82) is 0 Å². The molecule has 2 aromatic carbocycles. The summed E-state index contributed by atoms with van der Waals surface area (Å²) in [4.78, 5) is 0.159. The van der Waals surface area contributed by atoms with Gasteiger partial charge in [-0.15, -0.1) is 0 Å². The van der Waals surface area contributed by atoms with Gasteiger partial charge in [-0.3, -0.25) is 0 Å². The number of hydrogen-bond acceptors (Lipinski definition) is 7. The van der Waals surface area contributed by atoms with Crippen LogP contribution in [0.1, 0.15) is 0 Å². The van der Waals surface area contributed by atoms with Crippen LogP contribution >= 0.6 is 0 Å². The standard InChI is InChI=1S/C18H21NO7S2/c1-24-13-4-6-14(7-5-13)27(20,21)16-11-19(12-16)28(22,23)15-8-9-17(25-2)18(10-15)26-3/h4-10,16H,11-12H2,1-3H3. The predicted octanol–water partition coefficient (Wildman–Crippen LogP) is 1.56. The average molecular weight is 428 g/mol. The smallest absolute Gasteiger partial charge is 0.243 e. The van der Waals surface area contributed by atoms with Crippen LogP contribution in [0.4, 0.5) is 0 Å². The Balaban J connectivity index is 1.77. The number of rotatable bonds is 7. The third-order valence-corrected chi connectivity index (χ3v) is 8.57. The summed E-state index contributed by atoms with van der Waals surface area (Å²) in [5.74, 6) is 1.24. The fourth-order valence-electron chi connectivity index (χ4n) is 2.88. The van der Waals surface area contributed by atoms with Crippen LogP contribution in [0.2, 0.25) is 0 Å². The van der Waals surface area contributed by atoms with Gasteiger partial charge in [0.15, 0.2) is 21.3 Å². The molecule has 1 heterocycles.